The second kappa shape index (κ2) is 12.6. The fourth-order valence-electron chi connectivity index (χ4n) is 3.15. The maximum absolute atomic E-state index is 12.2. The molecule has 0 fully saturated rings. The van der Waals surface area contributed by atoms with Crippen LogP contribution in [-0.2, 0) is 4.79 Å². The van der Waals surface area contributed by atoms with E-state index in [1.54, 1.807) is 0 Å². The van der Waals surface area contributed by atoms with E-state index in [4.69, 9.17) is 5.53 Å². The zero-order chi connectivity index (χ0) is 19.2. The summed E-state index contributed by atoms with van der Waals surface area (Å²) in [6.45, 7) is 1.18. The van der Waals surface area contributed by atoms with Crippen molar-refractivity contribution < 1.29 is 4.79 Å². The number of benzene rings is 2. The number of carbonyl (C=O) groups excluding carboxylic acids is 1. The number of hydrogen-bond acceptors (Lipinski definition) is 2. The molecule has 5 heteroatoms. The average Bonchev–Trinajstić information content (AvgIpc) is 2.72. The van der Waals surface area contributed by atoms with Gasteiger partial charge < -0.3 is 5.32 Å². The van der Waals surface area contributed by atoms with Crippen LogP contribution in [0.15, 0.2) is 65.8 Å². The number of hydrogen-bond donors (Lipinski definition) is 1. The van der Waals surface area contributed by atoms with Gasteiger partial charge in [-0.25, -0.2) is 0 Å². The summed E-state index contributed by atoms with van der Waals surface area (Å²) in [5.41, 5.74) is 10.6. The first-order valence-corrected chi connectivity index (χ1v) is 9.68. The molecule has 142 valence electrons. The Morgan fingerprint density at radius 1 is 0.889 bits per heavy atom. The zero-order valence-electron chi connectivity index (χ0n) is 15.8. The smallest absolute Gasteiger partial charge is 0.220 e. The lowest BCUT2D eigenvalue weighted by Gasteiger charge is -2.19. The predicted octanol–water partition coefficient (Wildman–Crippen LogP) is 5.59. The second-order valence-electron chi connectivity index (χ2n) is 6.65. The fraction of sp³-hybridized carbons (Fsp3) is 0.409. The minimum absolute atomic E-state index is 0.112. The van der Waals surface area contributed by atoms with Crippen molar-refractivity contribution in [3.63, 3.8) is 0 Å². The highest BCUT2D eigenvalue weighted by molar-refractivity contribution is 5.75. The lowest BCUT2D eigenvalue weighted by molar-refractivity contribution is -0.121. The minimum Gasteiger partial charge on any atom is -0.355 e. The predicted molar refractivity (Wildman–Crippen MR) is 109 cm³/mol. The van der Waals surface area contributed by atoms with Gasteiger partial charge in [0.05, 0.1) is 0 Å². The molecule has 0 spiro atoms. The van der Waals surface area contributed by atoms with Gasteiger partial charge in [-0.15, -0.1) is 0 Å². The molecule has 1 N–H and O–H groups in total. The van der Waals surface area contributed by atoms with E-state index < -0.39 is 0 Å². The summed E-state index contributed by atoms with van der Waals surface area (Å²) < 4.78 is 0. The van der Waals surface area contributed by atoms with Gasteiger partial charge in [0.2, 0.25) is 5.91 Å². The number of nitrogens with one attached hydrogen (secondary N) is 1. The van der Waals surface area contributed by atoms with Crippen molar-refractivity contribution in [3.8, 4) is 0 Å². The molecular formula is C22H28N4O. The molecule has 5 nitrogen and oxygen atoms in total. The van der Waals surface area contributed by atoms with Crippen LogP contribution in [0.5, 0.6) is 0 Å². The van der Waals surface area contributed by atoms with Crippen molar-refractivity contribution in [1.29, 1.82) is 0 Å². The summed E-state index contributed by atoms with van der Waals surface area (Å²) in [6, 6.07) is 20.6. The molecule has 0 saturated carbocycles. The molecule has 2 rings (SSSR count). The molecule has 0 bridgehead atoms. The van der Waals surface area contributed by atoms with Crippen molar-refractivity contribution in [2.75, 3.05) is 13.1 Å². The Hall–Kier alpha value is -2.78. The first-order chi connectivity index (χ1) is 13.3. The first-order valence-electron chi connectivity index (χ1n) is 9.68. The normalized spacial score (nSPS) is 10.4. The van der Waals surface area contributed by atoms with Crippen LogP contribution >= 0.6 is 0 Å². The quantitative estimate of drug-likeness (QED) is 0.227. The summed E-state index contributed by atoms with van der Waals surface area (Å²) >= 11 is 0. The van der Waals surface area contributed by atoms with Crippen LogP contribution in [0.4, 0.5) is 0 Å². The molecule has 0 aliphatic carbocycles. The number of nitrogens with zero attached hydrogens (tertiary/aromatic N) is 3. The molecule has 0 unspecified atom stereocenters. The van der Waals surface area contributed by atoms with Gasteiger partial charge in [-0.05, 0) is 29.5 Å². The molecule has 2 aromatic carbocycles. The number of carbonyl (C=O) groups is 1. The van der Waals surface area contributed by atoms with Gasteiger partial charge in [0, 0.05) is 30.3 Å². The minimum atomic E-state index is 0.112. The highest BCUT2D eigenvalue weighted by Crippen LogP contribution is 2.23. The first kappa shape index (κ1) is 20.5. The third-order valence-electron chi connectivity index (χ3n) is 4.63. The van der Waals surface area contributed by atoms with Crippen LogP contribution < -0.4 is 5.32 Å². The van der Waals surface area contributed by atoms with E-state index in [-0.39, 0.29) is 11.8 Å². The molecule has 0 saturated heterocycles. The average molecular weight is 364 g/mol. The summed E-state index contributed by atoms with van der Waals surface area (Å²) in [5.74, 6) is 0.276. The van der Waals surface area contributed by atoms with E-state index in [1.165, 1.54) is 11.1 Å². The monoisotopic (exact) mass is 364 g/mol. The van der Waals surface area contributed by atoms with Gasteiger partial charge >= 0.3 is 0 Å². The highest BCUT2D eigenvalue weighted by atomic mass is 16.1. The Labute approximate surface area is 161 Å². The van der Waals surface area contributed by atoms with E-state index in [9.17, 15) is 4.79 Å². The molecule has 2 aromatic rings. The summed E-state index contributed by atoms with van der Waals surface area (Å²) in [6.07, 6.45) is 5.54. The van der Waals surface area contributed by atoms with E-state index >= 15 is 0 Å². The van der Waals surface area contributed by atoms with E-state index in [0.717, 1.165) is 32.1 Å². The van der Waals surface area contributed by atoms with Crippen molar-refractivity contribution in [1.82, 2.24) is 5.32 Å². The van der Waals surface area contributed by atoms with E-state index in [1.807, 2.05) is 36.4 Å². The maximum Gasteiger partial charge on any atom is 0.220 e. The van der Waals surface area contributed by atoms with Crippen molar-refractivity contribution in [2.24, 2.45) is 5.11 Å². The maximum atomic E-state index is 12.2. The Balaban J connectivity index is 1.75. The summed E-state index contributed by atoms with van der Waals surface area (Å²) in [5, 5.41) is 6.63. The van der Waals surface area contributed by atoms with Crippen LogP contribution in [0.1, 0.15) is 55.6 Å². The lowest BCUT2D eigenvalue weighted by atomic mass is 9.91. The third-order valence-corrected chi connectivity index (χ3v) is 4.63. The Kier molecular flexibility index (Phi) is 9.55. The van der Waals surface area contributed by atoms with Gasteiger partial charge in [-0.1, -0.05) is 85.0 Å². The van der Waals surface area contributed by atoms with Crippen LogP contribution in [-0.4, -0.2) is 19.0 Å². The molecule has 0 aromatic heterocycles. The van der Waals surface area contributed by atoms with Crippen molar-refractivity contribution in [3.05, 3.63) is 82.2 Å². The number of azide groups is 1. The standard InChI is InChI=1S/C22H28N4O/c23-26-25-17-11-3-1-2-10-16-22(27)24-18-21(19-12-6-4-7-13-19)20-14-8-5-9-15-20/h4-9,12-15,21H,1-3,10-11,16-18H2,(H,24,27). The topological polar surface area (TPSA) is 77.9 Å². The van der Waals surface area contributed by atoms with Crippen molar-refractivity contribution in [2.45, 2.75) is 44.4 Å². The molecule has 27 heavy (non-hydrogen) atoms. The van der Waals surface area contributed by atoms with Gasteiger partial charge in [0.1, 0.15) is 0 Å². The zero-order valence-corrected chi connectivity index (χ0v) is 15.8. The van der Waals surface area contributed by atoms with Crippen LogP contribution in [0.25, 0.3) is 10.4 Å². The van der Waals surface area contributed by atoms with Crippen molar-refractivity contribution >= 4 is 5.91 Å². The van der Waals surface area contributed by atoms with Crippen LogP contribution in [0, 0.1) is 0 Å². The molecule has 1 amide bonds. The van der Waals surface area contributed by atoms with E-state index in [2.05, 4.69) is 39.6 Å². The molecule has 0 radical (unpaired) electrons. The third kappa shape index (κ3) is 7.97. The van der Waals surface area contributed by atoms with Gasteiger partial charge in [0.25, 0.3) is 0 Å². The van der Waals surface area contributed by atoms with Crippen LogP contribution in [0.3, 0.4) is 0 Å². The van der Waals surface area contributed by atoms with E-state index in [0.29, 0.717) is 19.5 Å². The second-order valence-corrected chi connectivity index (χ2v) is 6.65. The largest absolute Gasteiger partial charge is 0.355 e. The van der Waals surface area contributed by atoms with Gasteiger partial charge in [-0.3, -0.25) is 4.79 Å². The molecular weight excluding hydrogens is 336 g/mol. The lowest BCUT2D eigenvalue weighted by Crippen LogP contribution is -2.28. The Morgan fingerprint density at radius 3 is 2.04 bits per heavy atom. The summed E-state index contributed by atoms with van der Waals surface area (Å²) in [7, 11) is 0. The highest BCUT2D eigenvalue weighted by Gasteiger charge is 2.14. The fourth-order valence-corrected chi connectivity index (χ4v) is 3.15. The number of rotatable bonds is 12. The number of amides is 1. The molecule has 0 aliphatic heterocycles. The van der Waals surface area contributed by atoms with Gasteiger partial charge in [-0.2, -0.15) is 0 Å². The molecule has 0 atom stereocenters. The molecule has 0 aliphatic rings. The number of unbranched alkanes of at least 4 members (excludes halogenated alkanes) is 4. The van der Waals surface area contributed by atoms with Crippen LogP contribution in [0.2, 0.25) is 0 Å². The SMILES string of the molecule is [N-]=[N+]=NCCCCCCCC(=O)NCC(c1ccccc1)c1ccccc1. The van der Waals surface area contributed by atoms with Gasteiger partial charge in [0.15, 0.2) is 0 Å². The Bertz CT molecular complexity index is 672. The summed E-state index contributed by atoms with van der Waals surface area (Å²) in [4.78, 5) is 15.0. The molecule has 0 heterocycles. The Morgan fingerprint density at radius 2 is 1.44 bits per heavy atom.